The van der Waals surface area contributed by atoms with Crippen LogP contribution in [0.4, 0.5) is 5.69 Å². The number of hydrogen-bond acceptors (Lipinski definition) is 6. The van der Waals surface area contributed by atoms with Crippen molar-refractivity contribution in [2.75, 3.05) is 5.32 Å². The Morgan fingerprint density at radius 1 is 1.00 bits per heavy atom. The summed E-state index contributed by atoms with van der Waals surface area (Å²) < 4.78 is 3.45. The fraction of sp³-hybridized carbons (Fsp3) is 0.214. The smallest absolute Gasteiger partial charge is 0.252 e. The van der Waals surface area contributed by atoms with E-state index in [9.17, 15) is 9.59 Å². The molecule has 2 N–H and O–H groups in total. The van der Waals surface area contributed by atoms with Gasteiger partial charge >= 0.3 is 0 Å². The van der Waals surface area contributed by atoms with Crippen LogP contribution < -0.4 is 10.9 Å². The molecule has 2 aliphatic heterocycles. The van der Waals surface area contributed by atoms with Crippen LogP contribution in [0.3, 0.4) is 0 Å². The molecule has 192 valence electrons. The number of halogens is 1. The van der Waals surface area contributed by atoms with E-state index in [-0.39, 0.29) is 17.5 Å². The van der Waals surface area contributed by atoms with Gasteiger partial charge < -0.3 is 14.9 Å². The number of amides is 1. The zero-order chi connectivity index (χ0) is 26.2. The highest BCUT2D eigenvalue weighted by Gasteiger charge is 2.54. The van der Waals surface area contributed by atoms with Crippen molar-refractivity contribution in [1.82, 2.24) is 34.7 Å². The van der Waals surface area contributed by atoms with Gasteiger partial charge in [-0.3, -0.25) is 9.59 Å². The third-order valence-corrected chi connectivity index (χ3v) is 8.29. The number of carbonyl (C=O) groups excluding carboxylic acids is 1. The van der Waals surface area contributed by atoms with Crippen LogP contribution in [0.2, 0.25) is 5.02 Å². The number of carbonyl (C=O) groups is 1. The number of benzene rings is 2. The van der Waals surface area contributed by atoms with Gasteiger partial charge in [-0.25, -0.2) is 4.98 Å². The summed E-state index contributed by atoms with van der Waals surface area (Å²) in [5, 5.41) is 15.0. The molecular weight excluding hydrogens is 516 g/mol. The molecule has 0 radical (unpaired) electrons. The Morgan fingerprint density at radius 3 is 2.79 bits per heavy atom. The first-order valence-electron chi connectivity index (χ1n) is 12.8. The van der Waals surface area contributed by atoms with E-state index in [1.807, 2.05) is 35.0 Å². The number of pyridine rings is 1. The van der Waals surface area contributed by atoms with Crippen LogP contribution >= 0.6 is 11.6 Å². The molecular formula is C28H21ClN8O2. The quantitative estimate of drug-likeness (QED) is 0.356. The van der Waals surface area contributed by atoms with Crippen molar-refractivity contribution >= 4 is 23.2 Å². The number of aromatic nitrogens is 7. The molecule has 0 bridgehead atoms. The predicted octanol–water partition coefficient (Wildman–Crippen LogP) is 4.13. The maximum atomic E-state index is 13.6. The molecule has 39 heavy (non-hydrogen) atoms. The van der Waals surface area contributed by atoms with E-state index in [2.05, 4.69) is 38.0 Å². The fourth-order valence-corrected chi connectivity index (χ4v) is 6.33. The molecule has 1 aliphatic carbocycles. The molecule has 0 saturated heterocycles. The van der Waals surface area contributed by atoms with Gasteiger partial charge in [0.05, 0.1) is 23.6 Å². The molecule has 5 heterocycles. The third-order valence-electron chi connectivity index (χ3n) is 8.05. The summed E-state index contributed by atoms with van der Waals surface area (Å²) >= 11 is 6.35. The molecule has 0 spiro atoms. The maximum absolute atomic E-state index is 13.6. The number of tetrazole rings is 1. The summed E-state index contributed by atoms with van der Waals surface area (Å²) in [4.78, 5) is 33.5. The van der Waals surface area contributed by atoms with Gasteiger partial charge in [0.25, 0.3) is 5.56 Å². The number of imidazole rings is 1. The SMILES string of the molecule is O=C1CCc2cc(-c3cnc(C4C5CC5c5cc(-c6cc(Cl)ccc6-n6cnnn6)cc(=O)n54)[nH]3)ccc2N1. The Labute approximate surface area is 226 Å². The number of H-pyrrole nitrogens is 1. The van der Waals surface area contributed by atoms with Gasteiger partial charge in [-0.1, -0.05) is 17.7 Å². The number of anilines is 1. The highest BCUT2D eigenvalue weighted by atomic mass is 35.5. The molecule has 3 aromatic heterocycles. The fourth-order valence-electron chi connectivity index (χ4n) is 6.15. The van der Waals surface area contributed by atoms with E-state index in [0.29, 0.717) is 23.3 Å². The van der Waals surface area contributed by atoms with Crippen molar-refractivity contribution in [3.63, 3.8) is 0 Å². The molecule has 1 fully saturated rings. The lowest BCUT2D eigenvalue weighted by molar-refractivity contribution is -0.116. The minimum atomic E-state index is -0.143. The number of rotatable bonds is 4. The standard InChI is InChI=1S/C28H21ClN8O2/c29-17-3-5-23(36-13-31-34-35-36)18(10-17)16-8-24-19-11-20(19)27(37(24)26(39)9-16)28-30-12-22(33-28)15-1-4-21-14(7-15)2-6-25(38)32-21/h1,3-5,7-10,12-13,19-20,27H,2,6,11H2,(H,30,33)(H,32,38). The second kappa shape index (κ2) is 8.21. The van der Waals surface area contributed by atoms with Gasteiger partial charge in [-0.05, 0) is 82.3 Å². The zero-order valence-corrected chi connectivity index (χ0v) is 21.3. The van der Waals surface area contributed by atoms with Crippen LogP contribution in [-0.4, -0.2) is 40.6 Å². The van der Waals surface area contributed by atoms with Crippen molar-refractivity contribution in [3.05, 3.63) is 93.5 Å². The van der Waals surface area contributed by atoms with Crippen LogP contribution in [-0.2, 0) is 11.2 Å². The van der Waals surface area contributed by atoms with Gasteiger partial charge in [0.15, 0.2) is 0 Å². The topological polar surface area (TPSA) is 123 Å². The first kappa shape index (κ1) is 22.4. The Balaban J connectivity index is 1.17. The minimum Gasteiger partial charge on any atom is -0.340 e. The van der Waals surface area contributed by atoms with E-state index >= 15 is 0 Å². The first-order valence-corrected chi connectivity index (χ1v) is 13.2. The lowest BCUT2D eigenvalue weighted by Crippen LogP contribution is -2.26. The van der Waals surface area contributed by atoms with E-state index in [0.717, 1.165) is 63.7 Å². The number of aromatic amines is 1. The Hall–Kier alpha value is -4.57. The molecule has 3 unspecified atom stereocenters. The number of aryl methyl sites for hydroxylation is 1. The van der Waals surface area contributed by atoms with Crippen molar-refractivity contribution in [2.45, 2.75) is 31.2 Å². The van der Waals surface area contributed by atoms with E-state index in [1.165, 1.54) is 6.33 Å². The number of fused-ring (bicyclic) bond motifs is 4. The zero-order valence-electron chi connectivity index (χ0n) is 20.5. The van der Waals surface area contributed by atoms with Gasteiger partial charge in [0.2, 0.25) is 5.91 Å². The normalized spacial score (nSPS) is 20.7. The lowest BCUT2D eigenvalue weighted by atomic mass is 9.99. The summed E-state index contributed by atoms with van der Waals surface area (Å²) in [6.45, 7) is 0. The lowest BCUT2D eigenvalue weighted by Gasteiger charge is -2.18. The molecule has 3 aliphatic rings. The van der Waals surface area contributed by atoms with E-state index < -0.39 is 0 Å². The van der Waals surface area contributed by atoms with Gasteiger partial charge in [0.1, 0.15) is 12.2 Å². The molecule has 10 nitrogen and oxygen atoms in total. The third kappa shape index (κ3) is 3.55. The molecule has 3 atom stereocenters. The summed E-state index contributed by atoms with van der Waals surface area (Å²) in [5.41, 5.74) is 7.14. The minimum absolute atomic E-state index is 0.0496. The average molecular weight is 537 g/mol. The Morgan fingerprint density at radius 2 is 1.92 bits per heavy atom. The van der Waals surface area contributed by atoms with Crippen LogP contribution in [0, 0.1) is 5.92 Å². The molecule has 2 aromatic carbocycles. The average Bonchev–Trinajstić information content (AvgIpc) is 3.28. The number of hydrogen-bond donors (Lipinski definition) is 2. The largest absolute Gasteiger partial charge is 0.340 e. The Bertz CT molecular complexity index is 1860. The molecule has 5 aromatic rings. The Kier molecular flexibility index (Phi) is 4.72. The summed E-state index contributed by atoms with van der Waals surface area (Å²) in [7, 11) is 0. The molecule has 11 heteroatoms. The molecule has 8 rings (SSSR count). The van der Waals surface area contributed by atoms with Crippen molar-refractivity contribution in [1.29, 1.82) is 0 Å². The molecule has 1 saturated carbocycles. The van der Waals surface area contributed by atoms with Crippen LogP contribution in [0.1, 0.15) is 41.9 Å². The van der Waals surface area contributed by atoms with Crippen molar-refractivity contribution in [3.8, 4) is 28.1 Å². The first-order chi connectivity index (χ1) is 19.0. The van der Waals surface area contributed by atoms with Crippen LogP contribution in [0.15, 0.2) is 65.8 Å². The molecule has 1 amide bonds. The van der Waals surface area contributed by atoms with Gasteiger partial charge in [0, 0.05) is 40.4 Å². The maximum Gasteiger partial charge on any atom is 0.252 e. The van der Waals surface area contributed by atoms with Crippen molar-refractivity contribution < 1.29 is 4.79 Å². The second-order valence-corrected chi connectivity index (χ2v) is 10.8. The van der Waals surface area contributed by atoms with Crippen molar-refractivity contribution in [2.24, 2.45) is 5.92 Å². The van der Waals surface area contributed by atoms with Crippen LogP contribution in [0.25, 0.3) is 28.1 Å². The second-order valence-electron chi connectivity index (χ2n) is 10.3. The summed E-state index contributed by atoms with van der Waals surface area (Å²) in [6.07, 6.45) is 5.57. The van der Waals surface area contributed by atoms with Gasteiger partial charge in [-0.2, -0.15) is 4.68 Å². The number of nitrogens with one attached hydrogen (secondary N) is 2. The number of nitrogens with zero attached hydrogens (tertiary/aromatic N) is 6. The van der Waals surface area contributed by atoms with E-state index in [1.54, 1.807) is 16.8 Å². The summed E-state index contributed by atoms with van der Waals surface area (Å²) in [6, 6.07) is 15.1. The summed E-state index contributed by atoms with van der Waals surface area (Å²) in [5.74, 6) is 1.46. The van der Waals surface area contributed by atoms with E-state index in [4.69, 9.17) is 16.6 Å². The monoisotopic (exact) mass is 536 g/mol. The van der Waals surface area contributed by atoms with Crippen LogP contribution in [0.5, 0.6) is 0 Å². The predicted molar refractivity (Wildman–Crippen MR) is 144 cm³/mol. The van der Waals surface area contributed by atoms with Gasteiger partial charge in [-0.15, -0.1) is 5.10 Å². The highest BCUT2D eigenvalue weighted by Crippen LogP contribution is 2.60. The highest BCUT2D eigenvalue weighted by molar-refractivity contribution is 6.31.